The van der Waals surface area contributed by atoms with Crippen LogP contribution in [0.2, 0.25) is 0 Å². The molecular weight excluding hydrogens is 376 g/mol. The average molecular weight is 396 g/mol. The number of aromatic nitrogens is 3. The molecule has 0 fully saturated rings. The number of aromatic amines is 1. The summed E-state index contributed by atoms with van der Waals surface area (Å²) in [5.41, 5.74) is 3.92. The molecule has 3 heterocycles. The van der Waals surface area contributed by atoms with Crippen molar-refractivity contribution in [1.29, 1.82) is 0 Å². The van der Waals surface area contributed by atoms with E-state index in [0.717, 1.165) is 28.1 Å². The van der Waals surface area contributed by atoms with Gasteiger partial charge >= 0.3 is 0 Å². The largest absolute Gasteiger partial charge is 0.468 e. The van der Waals surface area contributed by atoms with Crippen LogP contribution in [-0.4, -0.2) is 14.8 Å². The van der Waals surface area contributed by atoms with Crippen LogP contribution in [0.3, 0.4) is 0 Å². The third-order valence-corrected chi connectivity index (χ3v) is 5.01. The van der Waals surface area contributed by atoms with E-state index in [1.165, 1.54) is 0 Å². The van der Waals surface area contributed by atoms with Gasteiger partial charge in [-0.15, -0.1) is 0 Å². The molecule has 0 unspecified atom stereocenters. The highest BCUT2D eigenvalue weighted by Crippen LogP contribution is 2.28. The maximum atomic E-state index is 12.8. The number of H-pyrrole nitrogens is 1. The van der Waals surface area contributed by atoms with Crippen LogP contribution in [0.1, 0.15) is 11.3 Å². The molecule has 0 saturated heterocycles. The minimum absolute atomic E-state index is 0.133. The Kier molecular flexibility index (Phi) is 4.75. The lowest BCUT2D eigenvalue weighted by Gasteiger charge is -2.05. The van der Waals surface area contributed by atoms with E-state index in [1.807, 2.05) is 78.9 Å². The Morgan fingerprint density at radius 1 is 0.933 bits per heavy atom. The molecule has 0 atom stereocenters. The van der Waals surface area contributed by atoms with Gasteiger partial charge < -0.3 is 14.7 Å². The first-order chi connectivity index (χ1) is 14.8. The van der Waals surface area contributed by atoms with Crippen LogP contribution in [0, 0.1) is 0 Å². The van der Waals surface area contributed by atoms with Gasteiger partial charge in [0.05, 0.1) is 18.5 Å². The molecule has 0 bridgehead atoms. The summed E-state index contributed by atoms with van der Waals surface area (Å²) in [7, 11) is 0. The number of furan rings is 1. The molecule has 0 aliphatic heterocycles. The van der Waals surface area contributed by atoms with Gasteiger partial charge in [0, 0.05) is 23.1 Å². The topological polar surface area (TPSA) is 75.8 Å². The second-order valence-corrected chi connectivity index (χ2v) is 7.03. The van der Waals surface area contributed by atoms with Crippen molar-refractivity contribution in [2.45, 2.75) is 13.1 Å². The van der Waals surface area contributed by atoms with Crippen LogP contribution in [0.15, 0.2) is 94.3 Å². The zero-order chi connectivity index (χ0) is 20.3. The van der Waals surface area contributed by atoms with E-state index in [1.54, 1.807) is 10.9 Å². The second-order valence-electron chi connectivity index (χ2n) is 7.03. The molecule has 5 rings (SSSR count). The zero-order valence-corrected chi connectivity index (χ0v) is 16.2. The van der Waals surface area contributed by atoms with Gasteiger partial charge in [-0.2, -0.15) is 5.10 Å². The maximum absolute atomic E-state index is 12.8. The number of fused-ring (bicyclic) bond motifs is 1. The van der Waals surface area contributed by atoms with E-state index in [0.29, 0.717) is 24.3 Å². The van der Waals surface area contributed by atoms with Gasteiger partial charge in [0.15, 0.2) is 0 Å². The smallest absolute Gasteiger partial charge is 0.254 e. The highest BCUT2D eigenvalue weighted by molar-refractivity contribution is 5.92. The molecule has 0 amide bonds. The van der Waals surface area contributed by atoms with Crippen molar-refractivity contribution in [2.75, 3.05) is 0 Å². The molecule has 0 aliphatic rings. The number of rotatable bonds is 6. The highest BCUT2D eigenvalue weighted by Gasteiger charge is 2.16. The van der Waals surface area contributed by atoms with Crippen LogP contribution in [0.5, 0.6) is 0 Å². The number of nitrogens with one attached hydrogen (secondary N) is 2. The summed E-state index contributed by atoms with van der Waals surface area (Å²) in [6.45, 7) is 0.982. The third-order valence-electron chi connectivity index (χ3n) is 5.01. The summed E-state index contributed by atoms with van der Waals surface area (Å²) in [6, 6.07) is 25.5. The maximum Gasteiger partial charge on any atom is 0.254 e. The van der Waals surface area contributed by atoms with Crippen molar-refractivity contribution >= 4 is 11.0 Å². The van der Waals surface area contributed by atoms with E-state index in [2.05, 4.69) is 10.3 Å². The Bertz CT molecular complexity index is 1320. The van der Waals surface area contributed by atoms with E-state index >= 15 is 0 Å². The van der Waals surface area contributed by atoms with Gasteiger partial charge in [0.25, 0.3) is 5.56 Å². The van der Waals surface area contributed by atoms with E-state index in [-0.39, 0.29) is 5.56 Å². The zero-order valence-electron chi connectivity index (χ0n) is 16.2. The molecule has 148 valence electrons. The van der Waals surface area contributed by atoms with Crippen LogP contribution in [-0.2, 0) is 13.1 Å². The van der Waals surface area contributed by atoms with Gasteiger partial charge in [0.2, 0.25) is 0 Å². The van der Waals surface area contributed by atoms with Gasteiger partial charge in [-0.1, -0.05) is 48.5 Å². The second kappa shape index (κ2) is 7.85. The van der Waals surface area contributed by atoms with Crippen molar-refractivity contribution in [3.8, 4) is 16.9 Å². The van der Waals surface area contributed by atoms with Crippen molar-refractivity contribution in [3.05, 3.63) is 107 Å². The quantitative estimate of drug-likeness (QED) is 0.450. The normalized spacial score (nSPS) is 11.2. The Balaban J connectivity index is 1.59. The van der Waals surface area contributed by atoms with Crippen LogP contribution < -0.4 is 10.9 Å². The first kappa shape index (κ1) is 18.1. The number of pyridine rings is 1. The fourth-order valence-electron chi connectivity index (χ4n) is 3.54. The van der Waals surface area contributed by atoms with Gasteiger partial charge in [0.1, 0.15) is 17.1 Å². The van der Waals surface area contributed by atoms with Crippen molar-refractivity contribution < 1.29 is 4.42 Å². The lowest BCUT2D eigenvalue weighted by Crippen LogP contribution is -2.21. The number of hydrogen-bond donors (Lipinski definition) is 2. The molecule has 6 heteroatoms. The summed E-state index contributed by atoms with van der Waals surface area (Å²) in [5.74, 6) is 0.828. The molecule has 2 N–H and O–H groups in total. The lowest BCUT2D eigenvalue weighted by atomic mass is 10.1. The third kappa shape index (κ3) is 3.44. The molecular formula is C24H20N4O2. The summed E-state index contributed by atoms with van der Waals surface area (Å²) < 4.78 is 7.13. The van der Waals surface area contributed by atoms with E-state index in [9.17, 15) is 4.79 Å². The molecule has 30 heavy (non-hydrogen) atoms. The van der Waals surface area contributed by atoms with Gasteiger partial charge in [-0.25, -0.2) is 4.68 Å². The van der Waals surface area contributed by atoms with Crippen molar-refractivity contribution in [2.24, 2.45) is 0 Å². The summed E-state index contributed by atoms with van der Waals surface area (Å²) in [6.07, 6.45) is 1.64. The van der Waals surface area contributed by atoms with E-state index in [4.69, 9.17) is 9.52 Å². The first-order valence-corrected chi connectivity index (χ1v) is 9.78. The number of hydrogen-bond acceptors (Lipinski definition) is 4. The van der Waals surface area contributed by atoms with Crippen LogP contribution in [0.25, 0.3) is 28.0 Å². The Hall–Kier alpha value is -3.90. The van der Waals surface area contributed by atoms with Crippen molar-refractivity contribution in [3.63, 3.8) is 0 Å². The average Bonchev–Trinajstić information content (AvgIpc) is 3.43. The van der Waals surface area contributed by atoms with Crippen molar-refractivity contribution in [1.82, 2.24) is 20.1 Å². The number of benzene rings is 2. The SMILES string of the molecule is O=c1[nH]c2c(cc1CNCc1ccco1)c(-c1ccccc1)nn2-c1ccccc1. The predicted molar refractivity (Wildman–Crippen MR) is 116 cm³/mol. The number of nitrogens with zero attached hydrogens (tertiary/aromatic N) is 2. The fraction of sp³-hybridized carbons (Fsp3) is 0.0833. The number of para-hydroxylation sites is 1. The standard InChI is InChI=1S/C24H20N4O2/c29-24-18(15-25-16-20-12-7-13-30-20)14-21-22(17-8-3-1-4-9-17)27-28(23(21)26-24)19-10-5-2-6-11-19/h1-14,25H,15-16H2,(H,26,29). The molecule has 2 aromatic carbocycles. The Morgan fingerprint density at radius 3 is 2.43 bits per heavy atom. The molecule has 0 spiro atoms. The highest BCUT2D eigenvalue weighted by atomic mass is 16.3. The van der Waals surface area contributed by atoms with Crippen LogP contribution in [0.4, 0.5) is 0 Å². The minimum Gasteiger partial charge on any atom is -0.468 e. The predicted octanol–water partition coefficient (Wildman–Crippen LogP) is 4.26. The van der Waals surface area contributed by atoms with Gasteiger partial charge in [-0.05, 0) is 30.3 Å². The van der Waals surface area contributed by atoms with E-state index < -0.39 is 0 Å². The first-order valence-electron chi connectivity index (χ1n) is 9.78. The molecule has 3 aromatic heterocycles. The molecule has 0 saturated carbocycles. The van der Waals surface area contributed by atoms with Gasteiger partial charge in [-0.3, -0.25) is 4.79 Å². The summed E-state index contributed by atoms with van der Waals surface area (Å²) in [5, 5.41) is 9.01. The molecule has 0 aliphatic carbocycles. The molecule has 6 nitrogen and oxygen atoms in total. The Labute approximate surface area is 172 Å². The summed E-state index contributed by atoms with van der Waals surface area (Å²) in [4.78, 5) is 15.8. The lowest BCUT2D eigenvalue weighted by molar-refractivity contribution is 0.482. The monoisotopic (exact) mass is 396 g/mol. The molecule has 0 radical (unpaired) electrons. The van der Waals surface area contributed by atoms with Crippen LogP contribution >= 0.6 is 0 Å². The summed E-state index contributed by atoms with van der Waals surface area (Å²) >= 11 is 0. The molecule has 5 aromatic rings. The Morgan fingerprint density at radius 2 is 1.70 bits per heavy atom. The fourth-order valence-corrected chi connectivity index (χ4v) is 3.54. The minimum atomic E-state index is -0.133.